The number of nitrogens with zero attached hydrogens (tertiary/aromatic N) is 1. The van der Waals surface area contributed by atoms with E-state index in [0.29, 0.717) is 6.04 Å². The van der Waals surface area contributed by atoms with Crippen molar-refractivity contribution in [3.63, 3.8) is 0 Å². The average molecular weight is 287 g/mol. The minimum absolute atomic E-state index is 0.470. The molecule has 0 bridgehead atoms. The van der Waals surface area contributed by atoms with Gasteiger partial charge in [-0.3, -0.25) is 4.90 Å². The summed E-state index contributed by atoms with van der Waals surface area (Å²) < 4.78 is 5.43. The van der Waals surface area contributed by atoms with Crippen LogP contribution in [0.2, 0.25) is 0 Å². The maximum Gasteiger partial charge on any atom is 0.0594 e. The monoisotopic (exact) mass is 287 g/mol. The fourth-order valence-corrected chi connectivity index (χ4v) is 3.69. The van der Waals surface area contributed by atoms with Crippen molar-refractivity contribution in [1.29, 1.82) is 0 Å². The quantitative estimate of drug-likeness (QED) is 0.842. The molecule has 0 amide bonds. The molecule has 0 spiro atoms. The summed E-state index contributed by atoms with van der Waals surface area (Å²) in [6.07, 6.45) is 0. The number of morpholine rings is 1. The van der Waals surface area contributed by atoms with Crippen molar-refractivity contribution in [2.45, 2.75) is 19.9 Å². The molecule has 2 aromatic rings. The Morgan fingerprint density at radius 3 is 2.40 bits per heavy atom. The molecule has 0 aliphatic carbocycles. The molecule has 106 valence electrons. The van der Waals surface area contributed by atoms with Crippen LogP contribution in [0.15, 0.2) is 35.7 Å². The van der Waals surface area contributed by atoms with E-state index < -0.39 is 0 Å². The van der Waals surface area contributed by atoms with Gasteiger partial charge in [0.05, 0.1) is 13.2 Å². The van der Waals surface area contributed by atoms with Gasteiger partial charge in [-0.05, 0) is 42.0 Å². The molecule has 1 aromatic heterocycles. The van der Waals surface area contributed by atoms with Crippen LogP contribution in [-0.2, 0) is 4.74 Å². The first-order chi connectivity index (χ1) is 9.75. The maximum atomic E-state index is 5.43. The highest BCUT2D eigenvalue weighted by Gasteiger charge is 2.18. The Bertz CT molecular complexity index is 555. The predicted octanol–water partition coefficient (Wildman–Crippen LogP) is 4.12. The first kappa shape index (κ1) is 13.8. The van der Waals surface area contributed by atoms with E-state index in [2.05, 4.69) is 54.5 Å². The molecule has 0 radical (unpaired) electrons. The highest BCUT2D eigenvalue weighted by molar-refractivity contribution is 7.13. The molecule has 1 saturated heterocycles. The number of aryl methyl sites for hydroxylation is 1. The lowest BCUT2D eigenvalue weighted by Gasteiger charge is -2.32. The van der Waals surface area contributed by atoms with Crippen LogP contribution in [0.5, 0.6) is 0 Å². The second-order valence-corrected chi connectivity index (χ2v) is 6.30. The standard InChI is InChI=1S/C17H21NOS/c1-13-7-12-20-17(13)16-5-3-15(4-6-16)14(2)18-8-10-19-11-9-18/h3-7,12,14H,8-11H2,1-2H3. The van der Waals surface area contributed by atoms with Gasteiger partial charge in [0.15, 0.2) is 0 Å². The summed E-state index contributed by atoms with van der Waals surface area (Å²) in [6.45, 7) is 8.25. The zero-order valence-electron chi connectivity index (χ0n) is 12.1. The van der Waals surface area contributed by atoms with E-state index in [1.165, 1.54) is 21.6 Å². The largest absolute Gasteiger partial charge is 0.379 e. The summed E-state index contributed by atoms with van der Waals surface area (Å²) in [5.41, 5.74) is 4.09. The normalized spacial score (nSPS) is 18.1. The van der Waals surface area contributed by atoms with E-state index in [9.17, 15) is 0 Å². The summed E-state index contributed by atoms with van der Waals surface area (Å²) >= 11 is 1.82. The Labute approximate surface area is 125 Å². The molecule has 2 heterocycles. The lowest BCUT2D eigenvalue weighted by Crippen LogP contribution is -2.37. The van der Waals surface area contributed by atoms with Gasteiger partial charge in [-0.1, -0.05) is 24.3 Å². The van der Waals surface area contributed by atoms with E-state index >= 15 is 0 Å². The van der Waals surface area contributed by atoms with E-state index in [1.807, 2.05) is 11.3 Å². The third-order valence-electron chi connectivity index (χ3n) is 4.11. The fraction of sp³-hybridized carbons (Fsp3) is 0.412. The van der Waals surface area contributed by atoms with Crippen LogP contribution in [0.25, 0.3) is 10.4 Å². The molecular weight excluding hydrogens is 266 g/mol. The van der Waals surface area contributed by atoms with Crippen molar-refractivity contribution in [3.05, 3.63) is 46.8 Å². The summed E-state index contributed by atoms with van der Waals surface area (Å²) in [4.78, 5) is 3.88. The van der Waals surface area contributed by atoms with Gasteiger partial charge < -0.3 is 4.74 Å². The van der Waals surface area contributed by atoms with Crippen LogP contribution in [0.3, 0.4) is 0 Å². The first-order valence-electron chi connectivity index (χ1n) is 7.22. The average Bonchev–Trinajstić information content (AvgIpc) is 2.94. The van der Waals surface area contributed by atoms with Crippen molar-refractivity contribution in [1.82, 2.24) is 4.90 Å². The number of hydrogen-bond donors (Lipinski definition) is 0. The second kappa shape index (κ2) is 6.08. The third-order valence-corrected chi connectivity index (χ3v) is 5.18. The minimum atomic E-state index is 0.470. The van der Waals surface area contributed by atoms with Gasteiger partial charge in [0, 0.05) is 24.0 Å². The van der Waals surface area contributed by atoms with Crippen LogP contribution in [0.1, 0.15) is 24.1 Å². The molecule has 2 nitrogen and oxygen atoms in total. The summed E-state index contributed by atoms with van der Waals surface area (Å²) in [7, 11) is 0. The van der Waals surface area contributed by atoms with Gasteiger partial charge in [-0.2, -0.15) is 0 Å². The Morgan fingerprint density at radius 1 is 1.10 bits per heavy atom. The topological polar surface area (TPSA) is 12.5 Å². The van der Waals surface area contributed by atoms with Crippen molar-refractivity contribution in [2.75, 3.05) is 26.3 Å². The highest BCUT2D eigenvalue weighted by atomic mass is 32.1. The van der Waals surface area contributed by atoms with Crippen molar-refractivity contribution in [2.24, 2.45) is 0 Å². The predicted molar refractivity (Wildman–Crippen MR) is 85.3 cm³/mol. The number of thiophene rings is 1. The summed E-state index contributed by atoms with van der Waals surface area (Å²) in [5, 5.41) is 2.16. The molecule has 1 aliphatic heterocycles. The van der Waals surface area contributed by atoms with Crippen molar-refractivity contribution < 1.29 is 4.74 Å². The Hall–Kier alpha value is -1.16. The maximum absolute atomic E-state index is 5.43. The molecular formula is C17H21NOS. The minimum Gasteiger partial charge on any atom is -0.379 e. The number of hydrogen-bond acceptors (Lipinski definition) is 3. The Kier molecular flexibility index (Phi) is 4.20. The molecule has 3 rings (SSSR count). The molecule has 1 unspecified atom stereocenters. The number of benzene rings is 1. The number of rotatable bonds is 3. The van der Waals surface area contributed by atoms with Crippen LogP contribution < -0.4 is 0 Å². The van der Waals surface area contributed by atoms with E-state index in [4.69, 9.17) is 4.74 Å². The van der Waals surface area contributed by atoms with Gasteiger partial charge in [0.25, 0.3) is 0 Å². The van der Waals surface area contributed by atoms with Gasteiger partial charge in [0.2, 0.25) is 0 Å². The van der Waals surface area contributed by atoms with Crippen LogP contribution in [-0.4, -0.2) is 31.2 Å². The smallest absolute Gasteiger partial charge is 0.0594 e. The molecule has 0 N–H and O–H groups in total. The summed E-state index contributed by atoms with van der Waals surface area (Å²) in [6, 6.07) is 11.7. The zero-order valence-corrected chi connectivity index (χ0v) is 13.0. The van der Waals surface area contributed by atoms with Gasteiger partial charge in [-0.25, -0.2) is 0 Å². The van der Waals surface area contributed by atoms with E-state index in [0.717, 1.165) is 26.3 Å². The van der Waals surface area contributed by atoms with E-state index in [-0.39, 0.29) is 0 Å². The second-order valence-electron chi connectivity index (χ2n) is 5.38. The fourth-order valence-electron chi connectivity index (χ4n) is 2.76. The van der Waals surface area contributed by atoms with Crippen LogP contribution in [0, 0.1) is 6.92 Å². The molecule has 1 aliphatic rings. The molecule has 0 saturated carbocycles. The molecule has 1 aromatic carbocycles. The van der Waals surface area contributed by atoms with E-state index in [1.54, 1.807) is 0 Å². The van der Waals surface area contributed by atoms with Gasteiger partial charge >= 0.3 is 0 Å². The van der Waals surface area contributed by atoms with Crippen molar-refractivity contribution >= 4 is 11.3 Å². The first-order valence-corrected chi connectivity index (χ1v) is 8.10. The van der Waals surface area contributed by atoms with Gasteiger partial charge in [0.1, 0.15) is 0 Å². The molecule has 1 fully saturated rings. The molecule has 1 atom stereocenters. The third kappa shape index (κ3) is 2.80. The molecule has 20 heavy (non-hydrogen) atoms. The Balaban J connectivity index is 1.77. The molecule has 3 heteroatoms. The number of ether oxygens (including phenoxy) is 1. The lowest BCUT2D eigenvalue weighted by molar-refractivity contribution is 0.0198. The summed E-state index contributed by atoms with van der Waals surface area (Å²) in [5.74, 6) is 0. The Morgan fingerprint density at radius 2 is 1.80 bits per heavy atom. The van der Waals surface area contributed by atoms with Crippen LogP contribution in [0.4, 0.5) is 0 Å². The highest BCUT2D eigenvalue weighted by Crippen LogP contribution is 2.30. The zero-order chi connectivity index (χ0) is 13.9. The van der Waals surface area contributed by atoms with Crippen LogP contribution >= 0.6 is 11.3 Å². The van der Waals surface area contributed by atoms with Crippen molar-refractivity contribution in [3.8, 4) is 10.4 Å². The van der Waals surface area contributed by atoms with Gasteiger partial charge in [-0.15, -0.1) is 11.3 Å². The lowest BCUT2D eigenvalue weighted by atomic mass is 10.0. The SMILES string of the molecule is Cc1ccsc1-c1ccc(C(C)N2CCOCC2)cc1.